The van der Waals surface area contributed by atoms with Gasteiger partial charge in [0.15, 0.2) is 0 Å². The van der Waals surface area contributed by atoms with Crippen molar-refractivity contribution in [1.29, 1.82) is 0 Å². The minimum Gasteiger partial charge on any atom is -0.378 e. The fourth-order valence-corrected chi connectivity index (χ4v) is 1.58. The zero-order valence-corrected chi connectivity index (χ0v) is 8.69. The van der Waals surface area contributed by atoms with E-state index in [9.17, 15) is 0 Å². The van der Waals surface area contributed by atoms with E-state index in [4.69, 9.17) is 4.74 Å². The number of unbranched alkanes of at least 4 members (excludes halogenated alkanes) is 3. The number of hydrogen-bond acceptors (Lipinski definition) is 2. The summed E-state index contributed by atoms with van der Waals surface area (Å²) in [5.74, 6) is 1.03. The molecule has 0 aromatic carbocycles. The maximum Gasteiger partial charge on any atom is 0.0575 e. The molecule has 0 atom stereocenters. The van der Waals surface area contributed by atoms with Crippen molar-refractivity contribution >= 4 is 12.6 Å². The summed E-state index contributed by atoms with van der Waals surface area (Å²) in [7, 11) is 0. The second kappa shape index (κ2) is 6.79. The van der Waals surface area contributed by atoms with Gasteiger partial charge in [0.1, 0.15) is 0 Å². The maximum atomic E-state index is 5.64. The lowest BCUT2D eigenvalue weighted by atomic mass is 9.96. The first-order valence-corrected chi connectivity index (χ1v) is 5.79. The minimum absolute atomic E-state index is 0.620. The summed E-state index contributed by atoms with van der Waals surface area (Å²) in [4.78, 5) is 0. The van der Waals surface area contributed by atoms with Gasteiger partial charge in [0.05, 0.1) is 6.10 Å². The van der Waals surface area contributed by atoms with Crippen LogP contribution in [0.15, 0.2) is 0 Å². The molecule has 0 heterocycles. The van der Waals surface area contributed by atoms with E-state index in [1.165, 1.54) is 44.9 Å². The molecule has 12 heavy (non-hydrogen) atoms. The smallest absolute Gasteiger partial charge is 0.0575 e. The highest BCUT2D eigenvalue weighted by Gasteiger charge is 2.16. The molecule has 0 aromatic heterocycles. The predicted octanol–water partition coefficient (Wildman–Crippen LogP) is 3.05. The van der Waals surface area contributed by atoms with Crippen LogP contribution in [-0.2, 0) is 4.74 Å². The van der Waals surface area contributed by atoms with Gasteiger partial charge in [-0.3, -0.25) is 0 Å². The largest absolute Gasteiger partial charge is 0.378 e. The molecule has 72 valence electrons. The Bertz CT molecular complexity index is 102. The van der Waals surface area contributed by atoms with Crippen molar-refractivity contribution in [2.75, 3.05) is 12.4 Å². The average molecular weight is 188 g/mol. The van der Waals surface area contributed by atoms with Gasteiger partial charge >= 0.3 is 0 Å². The van der Waals surface area contributed by atoms with Crippen LogP contribution in [0.5, 0.6) is 0 Å². The molecule has 1 rings (SSSR count). The van der Waals surface area contributed by atoms with Crippen LogP contribution in [0.4, 0.5) is 0 Å². The lowest BCUT2D eigenvalue weighted by Crippen LogP contribution is -2.21. The Morgan fingerprint density at radius 2 is 1.83 bits per heavy atom. The third kappa shape index (κ3) is 4.36. The summed E-state index contributed by atoms with van der Waals surface area (Å²) in [6, 6.07) is 0. The van der Waals surface area contributed by atoms with Crippen LogP contribution in [0.2, 0.25) is 0 Å². The van der Waals surface area contributed by atoms with E-state index in [-0.39, 0.29) is 0 Å². The Labute approximate surface area is 81.3 Å². The first-order chi connectivity index (χ1) is 5.93. The Balaban J connectivity index is 1.70. The third-order valence-corrected chi connectivity index (χ3v) is 2.77. The van der Waals surface area contributed by atoms with Gasteiger partial charge < -0.3 is 4.74 Å². The van der Waals surface area contributed by atoms with Gasteiger partial charge in [-0.25, -0.2) is 0 Å². The second-order valence-electron chi connectivity index (χ2n) is 3.56. The number of thiol groups is 1. The van der Waals surface area contributed by atoms with E-state index in [1.54, 1.807) is 0 Å². The molecule has 0 aromatic rings. The quantitative estimate of drug-likeness (QED) is 0.477. The molecule has 0 aliphatic heterocycles. The third-order valence-electron chi connectivity index (χ3n) is 2.46. The van der Waals surface area contributed by atoms with Crippen molar-refractivity contribution in [1.82, 2.24) is 0 Å². The summed E-state index contributed by atoms with van der Waals surface area (Å²) >= 11 is 4.17. The van der Waals surface area contributed by atoms with Gasteiger partial charge in [0, 0.05) is 6.61 Å². The molecule has 0 radical (unpaired) electrons. The first kappa shape index (κ1) is 10.4. The molecule has 0 N–H and O–H groups in total. The predicted molar refractivity (Wildman–Crippen MR) is 55.9 cm³/mol. The van der Waals surface area contributed by atoms with Crippen molar-refractivity contribution in [3.05, 3.63) is 0 Å². The Morgan fingerprint density at radius 3 is 2.42 bits per heavy atom. The van der Waals surface area contributed by atoms with Crippen molar-refractivity contribution in [2.45, 2.75) is 51.0 Å². The maximum absolute atomic E-state index is 5.64. The van der Waals surface area contributed by atoms with Crippen LogP contribution in [0.1, 0.15) is 44.9 Å². The van der Waals surface area contributed by atoms with Crippen LogP contribution in [0, 0.1) is 0 Å². The lowest BCUT2D eigenvalue weighted by molar-refractivity contribution is 0.000655. The van der Waals surface area contributed by atoms with Gasteiger partial charge in [0.25, 0.3) is 0 Å². The molecule has 1 aliphatic rings. The normalized spacial score (nSPS) is 17.8. The molecule has 0 amide bonds. The molecule has 0 spiro atoms. The first-order valence-electron chi connectivity index (χ1n) is 5.16. The van der Waals surface area contributed by atoms with E-state index in [0.29, 0.717) is 6.10 Å². The summed E-state index contributed by atoms with van der Waals surface area (Å²) in [6.45, 7) is 0.983. The second-order valence-corrected chi connectivity index (χ2v) is 4.01. The van der Waals surface area contributed by atoms with E-state index >= 15 is 0 Å². The highest BCUT2D eigenvalue weighted by Crippen LogP contribution is 2.22. The molecule has 1 aliphatic carbocycles. The van der Waals surface area contributed by atoms with Gasteiger partial charge in [-0.1, -0.05) is 12.8 Å². The molecule has 1 saturated carbocycles. The molecule has 0 bridgehead atoms. The van der Waals surface area contributed by atoms with Crippen molar-refractivity contribution in [3.8, 4) is 0 Å². The Morgan fingerprint density at radius 1 is 1.08 bits per heavy atom. The molecule has 2 heteroatoms. The van der Waals surface area contributed by atoms with Crippen molar-refractivity contribution in [2.24, 2.45) is 0 Å². The summed E-state index contributed by atoms with van der Waals surface area (Å²) in [5, 5.41) is 0. The standard InChI is InChI=1S/C10H20OS/c12-9-4-2-1-3-8-11-10-6-5-7-10/h10,12H,1-9H2. The van der Waals surface area contributed by atoms with Crippen molar-refractivity contribution in [3.63, 3.8) is 0 Å². The summed E-state index contributed by atoms with van der Waals surface area (Å²) in [5.41, 5.74) is 0. The van der Waals surface area contributed by atoms with Crippen molar-refractivity contribution < 1.29 is 4.74 Å². The Hall–Kier alpha value is 0.310. The van der Waals surface area contributed by atoms with Gasteiger partial charge in [0.2, 0.25) is 0 Å². The zero-order chi connectivity index (χ0) is 8.65. The highest BCUT2D eigenvalue weighted by molar-refractivity contribution is 7.80. The van der Waals surface area contributed by atoms with Gasteiger partial charge in [-0.15, -0.1) is 0 Å². The van der Waals surface area contributed by atoms with Gasteiger partial charge in [-0.05, 0) is 37.9 Å². The van der Waals surface area contributed by atoms with Crippen LogP contribution in [0.3, 0.4) is 0 Å². The highest BCUT2D eigenvalue weighted by atomic mass is 32.1. The monoisotopic (exact) mass is 188 g/mol. The molecule has 1 nitrogen and oxygen atoms in total. The average Bonchev–Trinajstić information content (AvgIpc) is 2.00. The van der Waals surface area contributed by atoms with Crippen LogP contribution < -0.4 is 0 Å². The molecular formula is C10H20OS. The van der Waals surface area contributed by atoms with E-state index in [0.717, 1.165) is 12.4 Å². The molecule has 0 saturated heterocycles. The van der Waals surface area contributed by atoms with Crippen LogP contribution >= 0.6 is 12.6 Å². The fraction of sp³-hybridized carbons (Fsp3) is 1.00. The van der Waals surface area contributed by atoms with E-state index in [2.05, 4.69) is 12.6 Å². The summed E-state index contributed by atoms with van der Waals surface area (Å²) in [6.07, 6.45) is 9.73. The minimum atomic E-state index is 0.620. The molecule has 0 unspecified atom stereocenters. The van der Waals surface area contributed by atoms with Crippen LogP contribution in [-0.4, -0.2) is 18.5 Å². The van der Waals surface area contributed by atoms with Crippen LogP contribution in [0.25, 0.3) is 0 Å². The molecule has 1 fully saturated rings. The summed E-state index contributed by atoms with van der Waals surface area (Å²) < 4.78 is 5.64. The van der Waals surface area contributed by atoms with E-state index < -0.39 is 0 Å². The van der Waals surface area contributed by atoms with Gasteiger partial charge in [-0.2, -0.15) is 12.6 Å². The number of ether oxygens (including phenoxy) is 1. The zero-order valence-electron chi connectivity index (χ0n) is 7.80. The number of hydrogen-bond donors (Lipinski definition) is 1. The fourth-order valence-electron chi connectivity index (χ4n) is 1.35. The van der Waals surface area contributed by atoms with E-state index in [1.807, 2.05) is 0 Å². The lowest BCUT2D eigenvalue weighted by Gasteiger charge is -2.25. The topological polar surface area (TPSA) is 9.23 Å². The SMILES string of the molecule is SCCCCCCOC1CCC1. The molecular weight excluding hydrogens is 168 g/mol. The number of rotatable bonds is 7. The Kier molecular flexibility index (Phi) is 5.88.